The van der Waals surface area contributed by atoms with Crippen LogP contribution in [0.5, 0.6) is 0 Å². The zero-order chi connectivity index (χ0) is 11.2. The Bertz CT molecular complexity index is 373. The van der Waals surface area contributed by atoms with Crippen LogP contribution in [0.1, 0.15) is 37.7 Å². The Morgan fingerprint density at radius 1 is 1.33 bits per heavy atom. The summed E-state index contributed by atoms with van der Waals surface area (Å²) in [5, 5.41) is 4.68. The maximum atomic E-state index is 5.83. The second-order valence-electron chi connectivity index (χ2n) is 5.33. The highest BCUT2D eigenvalue weighted by molar-refractivity contribution is 5.30. The van der Waals surface area contributed by atoms with E-state index in [0.717, 1.165) is 13.1 Å². The van der Waals surface area contributed by atoms with Crippen molar-refractivity contribution in [2.45, 2.75) is 45.9 Å². The van der Waals surface area contributed by atoms with Gasteiger partial charge in [-0.25, -0.2) is 0 Å². The van der Waals surface area contributed by atoms with Crippen molar-refractivity contribution in [1.82, 2.24) is 14.7 Å². The van der Waals surface area contributed by atoms with E-state index < -0.39 is 0 Å². The molecule has 0 aromatic carbocycles. The van der Waals surface area contributed by atoms with E-state index in [1.165, 1.54) is 17.0 Å². The average molecular weight is 208 g/mol. The lowest BCUT2D eigenvalue weighted by Crippen LogP contribution is -2.28. The minimum absolute atomic E-state index is 0.0254. The Morgan fingerprint density at radius 3 is 2.53 bits per heavy atom. The molecule has 0 bridgehead atoms. The first kappa shape index (κ1) is 10.6. The van der Waals surface area contributed by atoms with E-state index in [-0.39, 0.29) is 5.54 Å². The summed E-state index contributed by atoms with van der Waals surface area (Å²) in [6, 6.07) is 0. The summed E-state index contributed by atoms with van der Waals surface area (Å²) in [6.07, 6.45) is 0. The first-order valence-electron chi connectivity index (χ1n) is 5.42. The van der Waals surface area contributed by atoms with Gasteiger partial charge in [0, 0.05) is 25.2 Å². The molecule has 2 N–H and O–H groups in total. The fourth-order valence-corrected chi connectivity index (χ4v) is 2.19. The molecule has 0 spiro atoms. The van der Waals surface area contributed by atoms with E-state index in [4.69, 9.17) is 5.73 Å². The minimum Gasteiger partial charge on any atom is -0.325 e. The maximum Gasteiger partial charge on any atom is 0.0813 e. The highest BCUT2D eigenvalue weighted by Crippen LogP contribution is 2.27. The summed E-state index contributed by atoms with van der Waals surface area (Å²) in [4.78, 5) is 2.27. The SMILES string of the molecule is CN1Cc2nn(C(C)(C)C)c(CN)c2C1. The normalized spacial score (nSPS) is 17.1. The molecule has 0 amide bonds. The molecule has 0 unspecified atom stereocenters. The van der Waals surface area contributed by atoms with Gasteiger partial charge in [-0.1, -0.05) is 0 Å². The van der Waals surface area contributed by atoms with Crippen LogP contribution in [-0.4, -0.2) is 21.7 Å². The fraction of sp³-hybridized carbons (Fsp3) is 0.727. The van der Waals surface area contributed by atoms with Crippen molar-refractivity contribution in [1.29, 1.82) is 0 Å². The van der Waals surface area contributed by atoms with Crippen molar-refractivity contribution in [3.63, 3.8) is 0 Å². The van der Waals surface area contributed by atoms with Crippen LogP contribution in [0.3, 0.4) is 0 Å². The molecule has 0 fully saturated rings. The Kier molecular flexibility index (Phi) is 2.35. The van der Waals surface area contributed by atoms with Crippen LogP contribution in [0.25, 0.3) is 0 Å². The van der Waals surface area contributed by atoms with Crippen molar-refractivity contribution in [2.24, 2.45) is 5.73 Å². The quantitative estimate of drug-likeness (QED) is 0.750. The van der Waals surface area contributed by atoms with Gasteiger partial charge in [-0.15, -0.1) is 0 Å². The van der Waals surface area contributed by atoms with E-state index in [9.17, 15) is 0 Å². The van der Waals surface area contributed by atoms with Gasteiger partial charge in [0.25, 0.3) is 0 Å². The molecule has 0 saturated carbocycles. The highest BCUT2D eigenvalue weighted by Gasteiger charge is 2.28. The largest absolute Gasteiger partial charge is 0.325 e. The van der Waals surface area contributed by atoms with Gasteiger partial charge in [-0.3, -0.25) is 9.58 Å². The third kappa shape index (κ3) is 1.68. The zero-order valence-corrected chi connectivity index (χ0v) is 10.0. The molecule has 2 rings (SSSR count). The van der Waals surface area contributed by atoms with Crippen molar-refractivity contribution in [3.8, 4) is 0 Å². The number of nitrogens with zero attached hydrogens (tertiary/aromatic N) is 3. The summed E-state index contributed by atoms with van der Waals surface area (Å²) in [5.74, 6) is 0. The number of rotatable bonds is 1. The van der Waals surface area contributed by atoms with Crippen LogP contribution in [0.2, 0.25) is 0 Å². The van der Waals surface area contributed by atoms with Gasteiger partial charge in [0.05, 0.1) is 16.9 Å². The van der Waals surface area contributed by atoms with Crippen molar-refractivity contribution >= 4 is 0 Å². The standard InChI is InChI=1S/C11H20N4/c1-11(2,3)15-10(5-12)8-6-14(4)7-9(8)13-15/h5-7,12H2,1-4H3. The maximum absolute atomic E-state index is 5.83. The van der Waals surface area contributed by atoms with Crippen molar-refractivity contribution < 1.29 is 0 Å². The van der Waals surface area contributed by atoms with E-state index in [0.29, 0.717) is 6.54 Å². The minimum atomic E-state index is 0.0254. The summed E-state index contributed by atoms with van der Waals surface area (Å²) in [6.45, 7) is 9.00. The van der Waals surface area contributed by atoms with Gasteiger partial charge in [0.2, 0.25) is 0 Å². The van der Waals surface area contributed by atoms with E-state index >= 15 is 0 Å². The smallest absolute Gasteiger partial charge is 0.0813 e. The lowest BCUT2D eigenvalue weighted by molar-refractivity contribution is 0.312. The van der Waals surface area contributed by atoms with Crippen LogP contribution in [0.4, 0.5) is 0 Å². The topological polar surface area (TPSA) is 47.1 Å². The number of hydrogen-bond donors (Lipinski definition) is 1. The lowest BCUT2D eigenvalue weighted by atomic mass is 10.1. The van der Waals surface area contributed by atoms with Crippen LogP contribution >= 0.6 is 0 Å². The summed E-state index contributed by atoms with van der Waals surface area (Å²) < 4.78 is 2.09. The molecule has 0 radical (unpaired) electrons. The Balaban J connectivity index is 2.48. The molecule has 4 nitrogen and oxygen atoms in total. The molecule has 1 aliphatic heterocycles. The Hall–Kier alpha value is -0.870. The molecule has 15 heavy (non-hydrogen) atoms. The average Bonchev–Trinajstić information content (AvgIpc) is 2.58. The lowest BCUT2D eigenvalue weighted by Gasteiger charge is -2.23. The molecule has 1 aliphatic rings. The number of aromatic nitrogens is 2. The molecule has 0 atom stereocenters. The van der Waals surface area contributed by atoms with E-state index in [1.54, 1.807) is 0 Å². The predicted octanol–water partition coefficient (Wildman–Crippen LogP) is 1.04. The zero-order valence-electron chi connectivity index (χ0n) is 10.0. The summed E-state index contributed by atoms with van der Waals surface area (Å²) in [5.41, 5.74) is 9.60. The number of nitrogens with two attached hydrogens (primary N) is 1. The third-order valence-corrected chi connectivity index (χ3v) is 2.85. The van der Waals surface area contributed by atoms with E-state index in [1.807, 2.05) is 0 Å². The van der Waals surface area contributed by atoms with Gasteiger partial charge >= 0.3 is 0 Å². The molecule has 4 heteroatoms. The van der Waals surface area contributed by atoms with E-state index in [2.05, 4.69) is 42.5 Å². The summed E-state index contributed by atoms with van der Waals surface area (Å²) in [7, 11) is 2.11. The monoisotopic (exact) mass is 208 g/mol. The molecule has 0 aliphatic carbocycles. The molecule has 1 aromatic heterocycles. The van der Waals surface area contributed by atoms with Crippen LogP contribution in [0, 0.1) is 0 Å². The second kappa shape index (κ2) is 3.32. The second-order valence-corrected chi connectivity index (χ2v) is 5.33. The van der Waals surface area contributed by atoms with Gasteiger partial charge in [0.1, 0.15) is 0 Å². The van der Waals surface area contributed by atoms with Gasteiger partial charge in [-0.2, -0.15) is 5.10 Å². The van der Waals surface area contributed by atoms with Crippen LogP contribution < -0.4 is 5.73 Å². The number of hydrogen-bond acceptors (Lipinski definition) is 3. The van der Waals surface area contributed by atoms with Crippen molar-refractivity contribution in [3.05, 3.63) is 17.0 Å². The summed E-state index contributed by atoms with van der Waals surface area (Å²) >= 11 is 0. The Labute approximate surface area is 91.1 Å². The Morgan fingerprint density at radius 2 is 2.00 bits per heavy atom. The number of fused-ring (bicyclic) bond motifs is 1. The van der Waals surface area contributed by atoms with Gasteiger partial charge in [-0.05, 0) is 27.8 Å². The first-order valence-corrected chi connectivity index (χ1v) is 5.42. The molecule has 84 valence electrons. The molecule has 0 saturated heterocycles. The predicted molar refractivity (Wildman–Crippen MR) is 60.3 cm³/mol. The molecule has 1 aromatic rings. The molecular weight excluding hydrogens is 188 g/mol. The van der Waals surface area contributed by atoms with Crippen molar-refractivity contribution in [2.75, 3.05) is 7.05 Å². The third-order valence-electron chi connectivity index (χ3n) is 2.85. The fourth-order valence-electron chi connectivity index (χ4n) is 2.19. The van der Waals surface area contributed by atoms with Crippen LogP contribution in [-0.2, 0) is 25.2 Å². The highest BCUT2D eigenvalue weighted by atomic mass is 15.3. The molecular formula is C11H20N4. The first-order chi connectivity index (χ1) is 6.93. The van der Waals surface area contributed by atoms with Gasteiger partial charge in [0.15, 0.2) is 0 Å². The van der Waals surface area contributed by atoms with Gasteiger partial charge < -0.3 is 5.73 Å². The van der Waals surface area contributed by atoms with Crippen LogP contribution in [0.15, 0.2) is 0 Å². The molecule has 2 heterocycles.